The third-order valence-corrected chi connectivity index (χ3v) is 2.56. The maximum atomic E-state index is 11.5. The monoisotopic (exact) mass is 259 g/mol. The molecule has 0 spiro atoms. The van der Waals surface area contributed by atoms with Crippen LogP contribution < -0.4 is 0 Å². The topological polar surface area (TPSA) is 76.1 Å². The van der Waals surface area contributed by atoms with E-state index in [1.54, 1.807) is 20.8 Å². The summed E-state index contributed by atoms with van der Waals surface area (Å²) in [4.78, 5) is 27.3. The second kappa shape index (κ2) is 6.04. The number of aliphatic carboxylic acids is 1. The first-order valence-corrected chi connectivity index (χ1v) is 6.17. The first kappa shape index (κ1) is 14.8. The Balaban J connectivity index is 2.51. The van der Waals surface area contributed by atoms with E-state index in [-0.39, 0.29) is 12.5 Å². The van der Waals surface area contributed by atoms with Crippen molar-refractivity contribution in [3.05, 3.63) is 0 Å². The van der Waals surface area contributed by atoms with Crippen LogP contribution in [0.25, 0.3) is 0 Å². The van der Waals surface area contributed by atoms with Gasteiger partial charge in [-0.2, -0.15) is 0 Å². The number of piperidine rings is 1. The Morgan fingerprint density at radius 1 is 1.33 bits per heavy atom. The zero-order valence-corrected chi connectivity index (χ0v) is 11.1. The summed E-state index contributed by atoms with van der Waals surface area (Å²) in [6.45, 7) is 5.80. The number of hydroxylamine groups is 2. The van der Waals surface area contributed by atoms with E-state index in [0.717, 1.165) is 19.3 Å². The summed E-state index contributed by atoms with van der Waals surface area (Å²) in [5.41, 5.74) is -0.616. The second-order valence-corrected chi connectivity index (χ2v) is 5.44. The van der Waals surface area contributed by atoms with Crippen LogP contribution >= 0.6 is 0 Å². The molecule has 104 valence electrons. The number of hydrogen-bond donors (Lipinski definition) is 1. The number of carboxylic acids is 1. The number of rotatable bonds is 3. The Bertz CT molecular complexity index is 310. The highest BCUT2D eigenvalue weighted by Crippen LogP contribution is 2.21. The van der Waals surface area contributed by atoms with Crippen molar-refractivity contribution in [2.24, 2.45) is 0 Å². The van der Waals surface area contributed by atoms with Crippen LogP contribution in [0.3, 0.4) is 0 Å². The van der Waals surface area contributed by atoms with E-state index in [1.165, 1.54) is 5.06 Å². The van der Waals surface area contributed by atoms with E-state index in [0.29, 0.717) is 6.54 Å². The van der Waals surface area contributed by atoms with Crippen LogP contribution in [-0.2, 0) is 14.4 Å². The molecule has 1 aliphatic heterocycles. The molecule has 0 saturated carbocycles. The molecule has 6 nitrogen and oxygen atoms in total. The van der Waals surface area contributed by atoms with Crippen LogP contribution in [0.4, 0.5) is 4.79 Å². The smallest absolute Gasteiger partial charge is 0.481 e. The fraction of sp³-hybridized carbons (Fsp3) is 0.833. The number of carboxylic acid groups (broad SMARTS) is 1. The van der Waals surface area contributed by atoms with Crippen LogP contribution in [0.1, 0.15) is 46.5 Å². The molecule has 1 saturated heterocycles. The van der Waals surface area contributed by atoms with Crippen molar-refractivity contribution in [1.82, 2.24) is 5.06 Å². The average molecular weight is 259 g/mol. The summed E-state index contributed by atoms with van der Waals surface area (Å²) in [6.07, 6.45) is 1.75. The van der Waals surface area contributed by atoms with Crippen molar-refractivity contribution in [1.29, 1.82) is 0 Å². The zero-order chi connectivity index (χ0) is 13.8. The molecule has 1 fully saturated rings. The molecule has 0 bridgehead atoms. The molecule has 1 heterocycles. The van der Waals surface area contributed by atoms with Gasteiger partial charge < -0.3 is 14.7 Å². The third-order valence-electron chi connectivity index (χ3n) is 2.56. The SMILES string of the molecule is CC(C)(C)OC(=O)ON1CCCCC1CC(=O)O. The Morgan fingerprint density at radius 3 is 2.56 bits per heavy atom. The molecule has 0 amide bonds. The Hall–Kier alpha value is -1.30. The lowest BCUT2D eigenvalue weighted by molar-refractivity contribution is -0.182. The number of ether oxygens (including phenoxy) is 1. The van der Waals surface area contributed by atoms with Crippen LogP contribution in [0.15, 0.2) is 0 Å². The van der Waals surface area contributed by atoms with Gasteiger partial charge in [0.05, 0.1) is 12.5 Å². The molecule has 6 heteroatoms. The highest BCUT2D eigenvalue weighted by atomic mass is 16.8. The largest absolute Gasteiger partial charge is 0.528 e. The number of nitrogens with zero attached hydrogens (tertiary/aromatic N) is 1. The molecule has 0 aliphatic carbocycles. The summed E-state index contributed by atoms with van der Waals surface area (Å²) in [5, 5.41) is 10.2. The summed E-state index contributed by atoms with van der Waals surface area (Å²) in [6, 6.07) is -0.260. The summed E-state index contributed by atoms with van der Waals surface area (Å²) in [5.74, 6) is -0.889. The highest BCUT2D eigenvalue weighted by Gasteiger charge is 2.29. The molecular formula is C12H21NO5. The van der Waals surface area contributed by atoms with Gasteiger partial charge in [-0.05, 0) is 33.6 Å². The second-order valence-electron chi connectivity index (χ2n) is 5.44. The van der Waals surface area contributed by atoms with Crippen molar-refractivity contribution in [3.63, 3.8) is 0 Å². The van der Waals surface area contributed by atoms with Gasteiger partial charge in [0.1, 0.15) is 5.60 Å². The van der Waals surface area contributed by atoms with Crippen molar-refractivity contribution >= 4 is 12.1 Å². The van der Waals surface area contributed by atoms with E-state index in [9.17, 15) is 9.59 Å². The molecule has 1 rings (SSSR count). The van der Waals surface area contributed by atoms with Gasteiger partial charge in [0.25, 0.3) is 0 Å². The molecule has 0 radical (unpaired) electrons. The predicted octanol–water partition coefficient (Wildman–Crippen LogP) is 2.18. The fourth-order valence-corrected chi connectivity index (χ4v) is 1.86. The number of carbonyl (C=O) groups is 2. The summed E-state index contributed by atoms with van der Waals surface area (Å²) < 4.78 is 5.04. The predicted molar refractivity (Wildman–Crippen MR) is 63.9 cm³/mol. The van der Waals surface area contributed by atoms with Gasteiger partial charge in [0.15, 0.2) is 0 Å². The van der Waals surface area contributed by atoms with Crippen LogP contribution in [0.2, 0.25) is 0 Å². The fourth-order valence-electron chi connectivity index (χ4n) is 1.86. The van der Waals surface area contributed by atoms with Crippen molar-refractivity contribution in [3.8, 4) is 0 Å². The van der Waals surface area contributed by atoms with Crippen molar-refractivity contribution in [2.45, 2.75) is 58.1 Å². The molecule has 18 heavy (non-hydrogen) atoms. The summed E-state index contributed by atoms with van der Waals surface area (Å²) >= 11 is 0. The molecule has 1 N–H and O–H groups in total. The molecule has 1 aliphatic rings. The standard InChI is InChI=1S/C12H21NO5/c1-12(2,3)17-11(16)18-13-7-5-4-6-9(13)8-10(14)15/h9H,4-8H2,1-3H3,(H,14,15). The lowest BCUT2D eigenvalue weighted by Gasteiger charge is -2.33. The van der Waals surface area contributed by atoms with E-state index < -0.39 is 17.7 Å². The van der Waals surface area contributed by atoms with Crippen molar-refractivity contribution < 1.29 is 24.3 Å². The lowest BCUT2D eigenvalue weighted by atomic mass is 10.0. The molecular weight excluding hydrogens is 238 g/mol. The van der Waals surface area contributed by atoms with E-state index in [4.69, 9.17) is 14.7 Å². The van der Waals surface area contributed by atoms with Crippen LogP contribution in [-0.4, -0.2) is 40.5 Å². The first-order valence-electron chi connectivity index (χ1n) is 6.17. The highest BCUT2D eigenvalue weighted by molar-refractivity contribution is 5.67. The molecule has 0 aromatic rings. The lowest BCUT2D eigenvalue weighted by Crippen LogP contribution is -2.43. The Labute approximate surface area is 107 Å². The van der Waals surface area contributed by atoms with Gasteiger partial charge in [-0.3, -0.25) is 4.79 Å². The molecule has 0 aromatic carbocycles. The Kier molecular flexibility index (Phi) is 4.95. The zero-order valence-electron chi connectivity index (χ0n) is 11.1. The molecule has 1 unspecified atom stereocenters. The quantitative estimate of drug-likeness (QED) is 0.783. The minimum absolute atomic E-state index is 0.0250. The average Bonchev–Trinajstić information content (AvgIpc) is 2.17. The Morgan fingerprint density at radius 2 is 2.00 bits per heavy atom. The van der Waals surface area contributed by atoms with Crippen molar-refractivity contribution in [2.75, 3.05) is 6.54 Å². The molecule has 0 aromatic heterocycles. The normalized spacial score (nSPS) is 21.4. The van der Waals surface area contributed by atoms with E-state index in [1.807, 2.05) is 0 Å². The molecule has 1 atom stereocenters. The minimum atomic E-state index is -0.889. The maximum absolute atomic E-state index is 11.5. The van der Waals surface area contributed by atoms with Gasteiger partial charge in [-0.25, -0.2) is 4.79 Å². The number of hydrogen-bond acceptors (Lipinski definition) is 5. The third kappa shape index (κ3) is 5.35. The maximum Gasteiger partial charge on any atom is 0.528 e. The van der Waals surface area contributed by atoms with E-state index in [2.05, 4.69) is 0 Å². The minimum Gasteiger partial charge on any atom is -0.481 e. The van der Waals surface area contributed by atoms with Gasteiger partial charge in [-0.15, -0.1) is 5.06 Å². The van der Waals surface area contributed by atoms with E-state index >= 15 is 0 Å². The van der Waals surface area contributed by atoms with Crippen LogP contribution in [0, 0.1) is 0 Å². The summed E-state index contributed by atoms with van der Waals surface area (Å²) in [7, 11) is 0. The van der Waals surface area contributed by atoms with Gasteiger partial charge in [-0.1, -0.05) is 6.42 Å². The number of carbonyl (C=O) groups excluding carboxylic acids is 1. The van der Waals surface area contributed by atoms with Gasteiger partial charge in [0, 0.05) is 6.54 Å². The first-order chi connectivity index (χ1) is 8.28. The van der Waals surface area contributed by atoms with Gasteiger partial charge >= 0.3 is 12.1 Å². The van der Waals surface area contributed by atoms with Gasteiger partial charge in [0.2, 0.25) is 0 Å². The van der Waals surface area contributed by atoms with Crippen LogP contribution in [0.5, 0.6) is 0 Å².